The molecule has 2 aliphatic carbocycles. The zero-order valence-electron chi connectivity index (χ0n) is 9.43. The van der Waals surface area contributed by atoms with Gasteiger partial charge in [0.2, 0.25) is 0 Å². The second-order valence-corrected chi connectivity index (χ2v) is 5.49. The van der Waals surface area contributed by atoms with Gasteiger partial charge in [-0.15, -0.1) is 0 Å². The van der Waals surface area contributed by atoms with Crippen LogP contribution >= 0.6 is 0 Å². The van der Waals surface area contributed by atoms with E-state index in [0.717, 1.165) is 0 Å². The molecule has 0 spiro atoms. The van der Waals surface area contributed by atoms with E-state index in [2.05, 4.69) is 48.1 Å². The maximum atomic E-state index is 2.28. The number of rotatable bonds is 1. The zero-order chi connectivity index (χ0) is 10.8. The van der Waals surface area contributed by atoms with Gasteiger partial charge in [-0.25, -0.2) is 0 Å². The molecule has 0 saturated carbocycles. The van der Waals surface area contributed by atoms with Gasteiger partial charge in [-0.05, 0) is 25.7 Å². The molecule has 0 nitrogen and oxygen atoms in total. The molecule has 0 amide bonds. The van der Waals surface area contributed by atoms with Gasteiger partial charge in [0.25, 0.3) is 0 Å². The van der Waals surface area contributed by atoms with Crippen LogP contribution in [0, 0.1) is 0 Å². The first-order valence-electron chi connectivity index (χ1n) is 5.55. The first kappa shape index (κ1) is 12.7. The molecule has 0 aromatic carbocycles. The van der Waals surface area contributed by atoms with E-state index < -0.39 is 0 Å². The molecule has 0 radical (unpaired) electrons. The summed E-state index contributed by atoms with van der Waals surface area (Å²) in [5, 5.41) is 0. The van der Waals surface area contributed by atoms with Crippen molar-refractivity contribution in [1.82, 2.24) is 0 Å². The summed E-state index contributed by atoms with van der Waals surface area (Å²) < 4.78 is 1.65. The molecule has 2 aliphatic rings. The van der Waals surface area contributed by atoms with Gasteiger partial charge in [0.05, 0.1) is 0 Å². The third kappa shape index (κ3) is 6.63. The van der Waals surface area contributed by atoms with E-state index in [-0.39, 0.29) is 0 Å². The van der Waals surface area contributed by atoms with E-state index in [4.69, 9.17) is 0 Å². The van der Waals surface area contributed by atoms with Crippen molar-refractivity contribution < 1.29 is 17.1 Å². The van der Waals surface area contributed by atoms with E-state index in [0.29, 0.717) is 17.1 Å². The van der Waals surface area contributed by atoms with Crippen molar-refractivity contribution in [3.8, 4) is 0 Å². The Bertz CT molecular complexity index is 243. The second kappa shape index (κ2) is 8.86. The molecule has 0 bridgehead atoms. The average molecular weight is 289 g/mol. The molecule has 84 valence electrons. The van der Waals surface area contributed by atoms with Crippen LogP contribution in [0.4, 0.5) is 0 Å². The zero-order valence-corrected chi connectivity index (χ0v) is 11.2. The minimum absolute atomic E-state index is 0.550. The van der Waals surface area contributed by atoms with Crippen molar-refractivity contribution in [2.24, 2.45) is 0 Å². The van der Waals surface area contributed by atoms with Crippen LogP contribution in [0.5, 0.6) is 0 Å². The summed E-state index contributed by atoms with van der Waals surface area (Å²) in [6, 6.07) is 0. The topological polar surface area (TPSA) is 0 Å². The summed E-state index contributed by atoms with van der Waals surface area (Å²) in [6.45, 7) is 0. The molecule has 2 rings (SSSR count). The Balaban J connectivity index is 0.000000151. The van der Waals surface area contributed by atoms with E-state index in [1.807, 2.05) is 0 Å². The van der Waals surface area contributed by atoms with Crippen molar-refractivity contribution in [3.05, 3.63) is 46.7 Å². The predicted molar refractivity (Wildman–Crippen MR) is 64.5 cm³/mol. The quantitative estimate of drug-likeness (QED) is 0.487. The molecule has 0 aliphatic heterocycles. The van der Waals surface area contributed by atoms with Gasteiger partial charge in [0.1, 0.15) is 0 Å². The van der Waals surface area contributed by atoms with Crippen molar-refractivity contribution in [1.29, 1.82) is 0 Å². The molecule has 0 heterocycles. The molecule has 0 aromatic heterocycles. The summed E-state index contributed by atoms with van der Waals surface area (Å²) in [5.74, 6) is 0. The molecular weight excluding hydrogens is 269 g/mol. The van der Waals surface area contributed by atoms with E-state index in [9.17, 15) is 0 Å². The van der Waals surface area contributed by atoms with Crippen LogP contribution in [0.25, 0.3) is 0 Å². The van der Waals surface area contributed by atoms with Crippen molar-refractivity contribution >= 4 is 0 Å². The average Bonchev–Trinajstić information content (AvgIpc) is 2.69. The Morgan fingerprint density at radius 2 is 1.40 bits per heavy atom. The molecule has 0 aromatic rings. The Morgan fingerprint density at radius 1 is 0.867 bits per heavy atom. The normalized spacial score (nSPS) is 19.1. The van der Waals surface area contributed by atoms with Crippen LogP contribution in [0.15, 0.2) is 46.7 Å². The van der Waals surface area contributed by atoms with E-state index in [1.54, 1.807) is 4.17 Å². The van der Waals surface area contributed by atoms with Gasteiger partial charge in [-0.2, -0.15) is 0 Å². The Hall–Kier alpha value is -0.417. The molecule has 0 fully saturated rings. The molecule has 15 heavy (non-hydrogen) atoms. The summed E-state index contributed by atoms with van der Waals surface area (Å²) in [6.07, 6.45) is 21.8. The standard InChI is InChI=1S/C8H12.C5H5.CH3.Ru/c1-2-4-6-8-7-5-3-1;1-2-4-5-3-1;;/h1-2,7-8H,3-6H2;1-3H,4H2;1H3;. The second-order valence-electron chi connectivity index (χ2n) is 3.50. The van der Waals surface area contributed by atoms with Crippen LogP contribution in [0.2, 0.25) is 5.52 Å². The van der Waals surface area contributed by atoms with Crippen molar-refractivity contribution in [2.75, 3.05) is 0 Å². The van der Waals surface area contributed by atoms with Gasteiger partial charge in [0, 0.05) is 0 Å². The van der Waals surface area contributed by atoms with Gasteiger partial charge < -0.3 is 0 Å². The molecule has 0 unspecified atom stereocenters. The van der Waals surface area contributed by atoms with Crippen LogP contribution < -0.4 is 0 Å². The predicted octanol–water partition coefficient (Wildman–Crippen LogP) is 4.63. The molecule has 0 atom stereocenters. The summed E-state index contributed by atoms with van der Waals surface area (Å²) >= 11 is 0.550. The number of hydrogen-bond acceptors (Lipinski definition) is 0. The molecular formula is C14H20Ru. The van der Waals surface area contributed by atoms with Crippen LogP contribution in [-0.4, -0.2) is 0 Å². The molecule has 0 saturated heterocycles. The minimum atomic E-state index is 0.550. The SMILES string of the molecule is C1=CCCC=CCC1.[CH3][Ru][C]1=CC=CC1. The first-order valence-corrected chi connectivity index (χ1v) is 8.15. The van der Waals surface area contributed by atoms with Gasteiger partial charge in [0.15, 0.2) is 0 Å². The fourth-order valence-electron chi connectivity index (χ4n) is 1.40. The monoisotopic (exact) mass is 290 g/mol. The van der Waals surface area contributed by atoms with E-state index in [1.165, 1.54) is 32.1 Å². The Kier molecular flexibility index (Phi) is 7.47. The van der Waals surface area contributed by atoms with Crippen LogP contribution in [0.3, 0.4) is 0 Å². The fraction of sp³-hybridized carbons (Fsp3) is 0.429. The maximum absolute atomic E-state index is 2.28. The van der Waals surface area contributed by atoms with Crippen molar-refractivity contribution in [3.63, 3.8) is 0 Å². The summed E-state index contributed by atoms with van der Waals surface area (Å²) in [7, 11) is 0. The van der Waals surface area contributed by atoms with E-state index >= 15 is 0 Å². The molecule has 0 N–H and O–H groups in total. The number of hydrogen-bond donors (Lipinski definition) is 0. The Labute approximate surface area is 101 Å². The fourth-order valence-corrected chi connectivity index (χ4v) is 2.42. The van der Waals surface area contributed by atoms with Crippen molar-refractivity contribution in [2.45, 2.75) is 37.6 Å². The summed E-state index contributed by atoms with van der Waals surface area (Å²) in [4.78, 5) is 0. The van der Waals surface area contributed by atoms with Gasteiger partial charge in [-0.1, -0.05) is 24.3 Å². The molecule has 1 heteroatoms. The van der Waals surface area contributed by atoms with Gasteiger partial charge in [-0.3, -0.25) is 0 Å². The van der Waals surface area contributed by atoms with Crippen LogP contribution in [0.1, 0.15) is 32.1 Å². The first-order chi connectivity index (χ1) is 7.43. The van der Waals surface area contributed by atoms with Gasteiger partial charge >= 0.3 is 51.5 Å². The van der Waals surface area contributed by atoms with Crippen LogP contribution in [-0.2, 0) is 17.1 Å². The number of allylic oxidation sites excluding steroid dienone is 8. The Morgan fingerprint density at radius 3 is 1.67 bits per heavy atom. The summed E-state index contributed by atoms with van der Waals surface area (Å²) in [5.41, 5.74) is 2.28. The third-order valence-corrected chi connectivity index (χ3v) is 4.04. The third-order valence-electron chi connectivity index (χ3n) is 2.28.